The van der Waals surface area contributed by atoms with Crippen LogP contribution in [0.25, 0.3) is 10.9 Å². The third-order valence-corrected chi connectivity index (χ3v) is 4.02. The van der Waals surface area contributed by atoms with Crippen LogP contribution in [0.5, 0.6) is 5.75 Å². The number of para-hydroxylation sites is 1. The summed E-state index contributed by atoms with van der Waals surface area (Å²) in [6.07, 6.45) is 0. The van der Waals surface area contributed by atoms with Gasteiger partial charge in [0.1, 0.15) is 5.75 Å². The Labute approximate surface area is 146 Å². The van der Waals surface area contributed by atoms with Crippen molar-refractivity contribution >= 4 is 22.8 Å². The monoisotopic (exact) mass is 336 g/mol. The summed E-state index contributed by atoms with van der Waals surface area (Å²) >= 11 is 0. The molecular formula is C20H20N2O3. The number of aryl methyl sites for hydroxylation is 1. The number of esters is 1. The topological polar surface area (TPSA) is 60.3 Å². The Morgan fingerprint density at radius 1 is 1.08 bits per heavy atom. The SMILES string of the molecule is CC(=O)Oc1ccc(C(=O)NCCn2c(C)cc3ccccc32)cc1. The number of fused-ring (bicyclic) bond motifs is 1. The van der Waals surface area contributed by atoms with Crippen molar-refractivity contribution in [3.8, 4) is 5.75 Å². The molecule has 0 atom stereocenters. The molecule has 0 aliphatic carbocycles. The lowest BCUT2D eigenvalue weighted by Crippen LogP contribution is -2.27. The fraction of sp³-hybridized carbons (Fsp3) is 0.200. The Bertz CT molecular complexity index is 910. The van der Waals surface area contributed by atoms with Crippen LogP contribution in [0.3, 0.4) is 0 Å². The summed E-state index contributed by atoms with van der Waals surface area (Å²) in [5, 5.41) is 4.12. The number of hydrogen-bond donors (Lipinski definition) is 1. The Morgan fingerprint density at radius 3 is 2.52 bits per heavy atom. The number of aromatic nitrogens is 1. The molecule has 0 aliphatic rings. The average molecular weight is 336 g/mol. The molecule has 0 unspecified atom stereocenters. The van der Waals surface area contributed by atoms with E-state index in [4.69, 9.17) is 4.74 Å². The smallest absolute Gasteiger partial charge is 0.308 e. The Morgan fingerprint density at radius 2 is 1.80 bits per heavy atom. The molecule has 0 saturated carbocycles. The standard InChI is InChI=1S/C20H20N2O3/c1-14-13-17-5-3-4-6-19(17)22(14)12-11-21-20(24)16-7-9-18(10-8-16)25-15(2)23/h3-10,13H,11-12H2,1-2H3,(H,21,24). The van der Waals surface area contributed by atoms with Gasteiger partial charge in [-0.05, 0) is 48.7 Å². The molecule has 0 bridgehead atoms. The van der Waals surface area contributed by atoms with Gasteiger partial charge < -0.3 is 14.6 Å². The molecule has 3 aromatic rings. The van der Waals surface area contributed by atoms with E-state index in [2.05, 4.69) is 35.0 Å². The highest BCUT2D eigenvalue weighted by atomic mass is 16.5. The molecule has 2 aromatic carbocycles. The third kappa shape index (κ3) is 3.88. The summed E-state index contributed by atoms with van der Waals surface area (Å²) in [6, 6.07) is 16.9. The van der Waals surface area contributed by atoms with Gasteiger partial charge in [-0.2, -0.15) is 0 Å². The van der Waals surface area contributed by atoms with E-state index < -0.39 is 0 Å². The van der Waals surface area contributed by atoms with Crippen LogP contribution < -0.4 is 10.1 Å². The zero-order valence-electron chi connectivity index (χ0n) is 14.3. The Hall–Kier alpha value is -3.08. The molecule has 0 saturated heterocycles. The number of carbonyl (C=O) groups is 2. The van der Waals surface area contributed by atoms with Crippen molar-refractivity contribution in [2.24, 2.45) is 0 Å². The average Bonchev–Trinajstić information content (AvgIpc) is 2.90. The van der Waals surface area contributed by atoms with Crippen LogP contribution in [-0.2, 0) is 11.3 Å². The summed E-state index contributed by atoms with van der Waals surface area (Å²) in [7, 11) is 0. The van der Waals surface area contributed by atoms with Crippen molar-refractivity contribution in [2.45, 2.75) is 20.4 Å². The van der Waals surface area contributed by atoms with Crippen LogP contribution in [0.2, 0.25) is 0 Å². The van der Waals surface area contributed by atoms with Crippen LogP contribution in [0.15, 0.2) is 54.6 Å². The Kier molecular flexibility index (Phi) is 4.84. The molecule has 0 spiro atoms. The molecule has 128 valence electrons. The van der Waals surface area contributed by atoms with E-state index in [1.165, 1.54) is 23.5 Å². The minimum atomic E-state index is -0.383. The largest absolute Gasteiger partial charge is 0.427 e. The maximum atomic E-state index is 12.2. The van der Waals surface area contributed by atoms with E-state index >= 15 is 0 Å². The first-order chi connectivity index (χ1) is 12.0. The van der Waals surface area contributed by atoms with Crippen LogP contribution in [0.4, 0.5) is 0 Å². The lowest BCUT2D eigenvalue weighted by Gasteiger charge is -2.10. The van der Waals surface area contributed by atoms with Crippen LogP contribution in [-0.4, -0.2) is 23.0 Å². The molecule has 0 aliphatic heterocycles. The number of nitrogens with zero attached hydrogens (tertiary/aromatic N) is 1. The second-order valence-electron chi connectivity index (χ2n) is 5.87. The molecule has 25 heavy (non-hydrogen) atoms. The van der Waals surface area contributed by atoms with Gasteiger partial charge in [0.2, 0.25) is 0 Å². The van der Waals surface area contributed by atoms with E-state index in [0.29, 0.717) is 24.4 Å². The van der Waals surface area contributed by atoms with Gasteiger partial charge in [0, 0.05) is 36.8 Å². The first-order valence-corrected chi connectivity index (χ1v) is 8.16. The number of rotatable bonds is 5. The van der Waals surface area contributed by atoms with E-state index in [0.717, 1.165) is 0 Å². The number of carbonyl (C=O) groups excluding carboxylic acids is 2. The van der Waals surface area contributed by atoms with Gasteiger partial charge in [-0.3, -0.25) is 9.59 Å². The maximum Gasteiger partial charge on any atom is 0.308 e. The first-order valence-electron chi connectivity index (χ1n) is 8.16. The number of amides is 1. The predicted molar refractivity (Wildman–Crippen MR) is 96.8 cm³/mol. The van der Waals surface area contributed by atoms with Gasteiger partial charge in [0.15, 0.2) is 0 Å². The third-order valence-electron chi connectivity index (χ3n) is 4.02. The predicted octanol–water partition coefficient (Wildman–Crippen LogP) is 3.31. The molecule has 1 heterocycles. The lowest BCUT2D eigenvalue weighted by molar-refractivity contribution is -0.131. The van der Waals surface area contributed by atoms with Gasteiger partial charge in [0.05, 0.1) is 0 Å². The van der Waals surface area contributed by atoms with Crippen LogP contribution in [0, 0.1) is 6.92 Å². The highest BCUT2D eigenvalue weighted by Gasteiger charge is 2.08. The zero-order valence-corrected chi connectivity index (χ0v) is 14.3. The molecule has 1 N–H and O–H groups in total. The maximum absolute atomic E-state index is 12.2. The minimum Gasteiger partial charge on any atom is -0.427 e. The van der Waals surface area contributed by atoms with E-state index in [1.54, 1.807) is 24.3 Å². The molecule has 0 fully saturated rings. The van der Waals surface area contributed by atoms with Gasteiger partial charge in [-0.25, -0.2) is 0 Å². The molecule has 0 radical (unpaired) electrons. The van der Waals surface area contributed by atoms with E-state index in [-0.39, 0.29) is 11.9 Å². The van der Waals surface area contributed by atoms with Crippen LogP contribution >= 0.6 is 0 Å². The fourth-order valence-corrected chi connectivity index (χ4v) is 2.87. The van der Waals surface area contributed by atoms with Crippen molar-refractivity contribution in [2.75, 3.05) is 6.54 Å². The zero-order chi connectivity index (χ0) is 17.8. The number of ether oxygens (including phenoxy) is 1. The normalized spacial score (nSPS) is 10.6. The lowest BCUT2D eigenvalue weighted by atomic mass is 10.2. The highest BCUT2D eigenvalue weighted by molar-refractivity contribution is 5.94. The number of benzene rings is 2. The van der Waals surface area contributed by atoms with Crippen molar-refractivity contribution in [1.82, 2.24) is 9.88 Å². The van der Waals surface area contributed by atoms with E-state index in [1.807, 2.05) is 12.1 Å². The molecule has 5 heteroatoms. The summed E-state index contributed by atoms with van der Waals surface area (Å²) in [6.45, 7) is 4.64. The summed E-state index contributed by atoms with van der Waals surface area (Å²) < 4.78 is 7.15. The summed E-state index contributed by atoms with van der Waals surface area (Å²) in [5.74, 6) is -0.103. The Balaban J connectivity index is 1.60. The molecule has 3 rings (SSSR count). The summed E-state index contributed by atoms with van der Waals surface area (Å²) in [5.41, 5.74) is 2.87. The second kappa shape index (κ2) is 7.21. The van der Waals surface area contributed by atoms with E-state index in [9.17, 15) is 9.59 Å². The molecule has 5 nitrogen and oxygen atoms in total. The first kappa shape index (κ1) is 16.8. The number of nitrogens with one attached hydrogen (secondary N) is 1. The van der Waals surface area contributed by atoms with Crippen LogP contribution in [0.1, 0.15) is 23.0 Å². The summed E-state index contributed by atoms with van der Waals surface area (Å²) in [4.78, 5) is 23.1. The molecule has 1 aromatic heterocycles. The quantitative estimate of drug-likeness (QED) is 0.574. The van der Waals surface area contributed by atoms with Crippen molar-refractivity contribution in [1.29, 1.82) is 0 Å². The van der Waals surface area contributed by atoms with Gasteiger partial charge in [-0.1, -0.05) is 18.2 Å². The highest BCUT2D eigenvalue weighted by Crippen LogP contribution is 2.18. The van der Waals surface area contributed by atoms with Crippen molar-refractivity contribution in [3.05, 3.63) is 65.9 Å². The fourth-order valence-electron chi connectivity index (χ4n) is 2.87. The van der Waals surface area contributed by atoms with Gasteiger partial charge >= 0.3 is 5.97 Å². The molecular weight excluding hydrogens is 316 g/mol. The van der Waals surface area contributed by atoms with Crippen molar-refractivity contribution < 1.29 is 14.3 Å². The molecule has 1 amide bonds. The van der Waals surface area contributed by atoms with Crippen molar-refractivity contribution in [3.63, 3.8) is 0 Å². The van der Waals surface area contributed by atoms with Gasteiger partial charge in [-0.15, -0.1) is 0 Å². The second-order valence-corrected chi connectivity index (χ2v) is 5.87. The van der Waals surface area contributed by atoms with Gasteiger partial charge in [0.25, 0.3) is 5.91 Å². The minimum absolute atomic E-state index is 0.150. The number of hydrogen-bond acceptors (Lipinski definition) is 3.